The van der Waals surface area contributed by atoms with Crippen LogP contribution in [-0.2, 0) is 19.5 Å². The number of ether oxygens (including phenoxy) is 2. The zero-order valence-electron chi connectivity index (χ0n) is 17.1. The first kappa shape index (κ1) is 19.0. The number of methoxy groups -OCH3 is 1. The standard InChI is InChI=1S/C22H30N4O2/c1-16(2)28-20-7-6-17(12-21(20)27-3)14-25-11-8-19-18(15-25)13-23-22(24-19)26-9-4-5-10-26/h6-7,12-13,16H,4-5,8-11,14-15H2,1-3H3. The quantitative estimate of drug-likeness (QED) is 0.763. The molecule has 0 saturated carbocycles. The minimum atomic E-state index is 0.129. The molecule has 0 radical (unpaired) electrons. The molecule has 6 heteroatoms. The van der Waals surface area contributed by atoms with E-state index >= 15 is 0 Å². The van der Waals surface area contributed by atoms with Crippen molar-refractivity contribution in [3.05, 3.63) is 41.2 Å². The zero-order chi connectivity index (χ0) is 19.5. The Morgan fingerprint density at radius 3 is 2.68 bits per heavy atom. The maximum Gasteiger partial charge on any atom is 0.225 e. The van der Waals surface area contributed by atoms with E-state index in [1.807, 2.05) is 26.1 Å². The SMILES string of the molecule is COc1cc(CN2CCc3nc(N4CCCC4)ncc3C2)ccc1OC(C)C. The van der Waals surface area contributed by atoms with Gasteiger partial charge in [-0.05, 0) is 44.4 Å². The lowest BCUT2D eigenvalue weighted by molar-refractivity contribution is 0.228. The molecule has 0 bridgehead atoms. The number of anilines is 1. The summed E-state index contributed by atoms with van der Waals surface area (Å²) in [6.07, 6.45) is 5.63. The van der Waals surface area contributed by atoms with Gasteiger partial charge in [0, 0.05) is 50.9 Å². The van der Waals surface area contributed by atoms with Gasteiger partial charge in [-0.25, -0.2) is 9.97 Å². The maximum atomic E-state index is 5.82. The van der Waals surface area contributed by atoms with Crippen molar-refractivity contribution in [3.8, 4) is 11.5 Å². The molecule has 1 fully saturated rings. The summed E-state index contributed by atoms with van der Waals surface area (Å²) in [5, 5.41) is 0. The summed E-state index contributed by atoms with van der Waals surface area (Å²) in [7, 11) is 1.69. The highest BCUT2D eigenvalue weighted by Gasteiger charge is 2.21. The molecular formula is C22H30N4O2. The number of nitrogens with zero attached hydrogens (tertiary/aromatic N) is 4. The van der Waals surface area contributed by atoms with Gasteiger partial charge in [-0.2, -0.15) is 0 Å². The third kappa shape index (κ3) is 4.22. The molecule has 1 aromatic heterocycles. The van der Waals surface area contributed by atoms with Crippen LogP contribution in [0.2, 0.25) is 0 Å². The van der Waals surface area contributed by atoms with Crippen LogP contribution < -0.4 is 14.4 Å². The second-order valence-electron chi connectivity index (χ2n) is 7.95. The van der Waals surface area contributed by atoms with Crippen LogP contribution in [0.3, 0.4) is 0 Å². The highest BCUT2D eigenvalue weighted by molar-refractivity contribution is 5.43. The average Bonchev–Trinajstić information content (AvgIpc) is 3.23. The van der Waals surface area contributed by atoms with Gasteiger partial charge in [-0.3, -0.25) is 4.90 Å². The highest BCUT2D eigenvalue weighted by Crippen LogP contribution is 2.30. The Balaban J connectivity index is 1.43. The summed E-state index contributed by atoms with van der Waals surface area (Å²) in [6.45, 7) is 9.00. The second-order valence-corrected chi connectivity index (χ2v) is 7.95. The van der Waals surface area contributed by atoms with Crippen molar-refractivity contribution in [2.45, 2.75) is 52.3 Å². The van der Waals surface area contributed by atoms with Crippen LogP contribution in [0, 0.1) is 0 Å². The van der Waals surface area contributed by atoms with E-state index in [4.69, 9.17) is 14.5 Å². The Hall–Kier alpha value is -2.34. The van der Waals surface area contributed by atoms with Gasteiger partial charge in [-0.15, -0.1) is 0 Å². The number of rotatable bonds is 6. The molecule has 150 valence electrons. The maximum absolute atomic E-state index is 5.82. The Bertz CT molecular complexity index is 818. The van der Waals surface area contributed by atoms with Crippen LogP contribution in [-0.4, -0.2) is 47.7 Å². The summed E-state index contributed by atoms with van der Waals surface area (Å²) in [4.78, 5) is 14.2. The van der Waals surface area contributed by atoms with Crippen molar-refractivity contribution in [3.63, 3.8) is 0 Å². The molecule has 1 aromatic carbocycles. The summed E-state index contributed by atoms with van der Waals surface area (Å²) in [6, 6.07) is 6.22. The van der Waals surface area contributed by atoms with Crippen LogP contribution in [0.15, 0.2) is 24.4 Å². The molecule has 1 saturated heterocycles. The largest absolute Gasteiger partial charge is 0.493 e. The Kier molecular flexibility index (Phi) is 5.67. The fourth-order valence-corrected chi connectivity index (χ4v) is 3.99. The van der Waals surface area contributed by atoms with Crippen molar-refractivity contribution < 1.29 is 9.47 Å². The number of benzene rings is 1. The molecule has 2 aliphatic rings. The smallest absolute Gasteiger partial charge is 0.225 e. The Labute approximate surface area is 167 Å². The number of hydrogen-bond donors (Lipinski definition) is 0. The lowest BCUT2D eigenvalue weighted by Gasteiger charge is -2.29. The first-order chi connectivity index (χ1) is 13.6. The van der Waals surface area contributed by atoms with Gasteiger partial charge in [0.2, 0.25) is 5.95 Å². The van der Waals surface area contributed by atoms with Gasteiger partial charge >= 0.3 is 0 Å². The van der Waals surface area contributed by atoms with E-state index in [1.54, 1.807) is 7.11 Å². The van der Waals surface area contributed by atoms with Crippen molar-refractivity contribution in [2.24, 2.45) is 0 Å². The third-order valence-electron chi connectivity index (χ3n) is 5.39. The van der Waals surface area contributed by atoms with Gasteiger partial charge in [0.25, 0.3) is 0 Å². The Morgan fingerprint density at radius 1 is 1.11 bits per heavy atom. The number of aromatic nitrogens is 2. The van der Waals surface area contributed by atoms with Gasteiger partial charge in [0.15, 0.2) is 11.5 Å². The molecule has 3 heterocycles. The normalized spacial score (nSPS) is 17.1. The summed E-state index contributed by atoms with van der Waals surface area (Å²) < 4.78 is 11.3. The zero-order valence-corrected chi connectivity index (χ0v) is 17.1. The van der Waals surface area contributed by atoms with Crippen LogP contribution in [0.4, 0.5) is 5.95 Å². The number of hydrogen-bond acceptors (Lipinski definition) is 6. The summed E-state index contributed by atoms with van der Waals surface area (Å²) in [5.41, 5.74) is 3.69. The molecule has 0 atom stereocenters. The van der Waals surface area contributed by atoms with Crippen molar-refractivity contribution in [2.75, 3.05) is 31.6 Å². The second kappa shape index (κ2) is 8.35. The predicted octanol–water partition coefficient (Wildman–Crippen LogP) is 3.43. The summed E-state index contributed by atoms with van der Waals surface area (Å²) >= 11 is 0. The third-order valence-corrected chi connectivity index (χ3v) is 5.39. The van der Waals surface area contributed by atoms with Crippen molar-refractivity contribution >= 4 is 5.95 Å². The molecule has 2 aliphatic heterocycles. The van der Waals surface area contributed by atoms with E-state index in [1.165, 1.54) is 29.7 Å². The van der Waals surface area contributed by atoms with E-state index in [-0.39, 0.29) is 6.10 Å². The molecular weight excluding hydrogens is 352 g/mol. The van der Waals surface area contributed by atoms with Crippen molar-refractivity contribution in [1.82, 2.24) is 14.9 Å². The minimum Gasteiger partial charge on any atom is -0.493 e. The van der Waals surface area contributed by atoms with E-state index in [0.717, 1.165) is 56.6 Å². The van der Waals surface area contributed by atoms with Crippen LogP contribution in [0.5, 0.6) is 11.5 Å². The molecule has 4 rings (SSSR count). The van der Waals surface area contributed by atoms with Gasteiger partial charge in [0.1, 0.15) is 0 Å². The minimum absolute atomic E-state index is 0.129. The average molecular weight is 383 g/mol. The highest BCUT2D eigenvalue weighted by atomic mass is 16.5. The predicted molar refractivity (Wildman–Crippen MR) is 110 cm³/mol. The lowest BCUT2D eigenvalue weighted by Crippen LogP contribution is -2.31. The molecule has 6 nitrogen and oxygen atoms in total. The van der Waals surface area contributed by atoms with Crippen LogP contribution >= 0.6 is 0 Å². The van der Waals surface area contributed by atoms with E-state index in [2.05, 4.69) is 26.9 Å². The molecule has 0 spiro atoms. The molecule has 0 N–H and O–H groups in total. The first-order valence-electron chi connectivity index (χ1n) is 10.3. The van der Waals surface area contributed by atoms with E-state index < -0.39 is 0 Å². The van der Waals surface area contributed by atoms with Gasteiger partial charge in [-0.1, -0.05) is 6.07 Å². The molecule has 0 amide bonds. The van der Waals surface area contributed by atoms with Crippen molar-refractivity contribution in [1.29, 1.82) is 0 Å². The Morgan fingerprint density at radius 2 is 1.93 bits per heavy atom. The van der Waals surface area contributed by atoms with Gasteiger partial charge < -0.3 is 14.4 Å². The lowest BCUT2D eigenvalue weighted by atomic mass is 10.1. The van der Waals surface area contributed by atoms with E-state index in [0.29, 0.717) is 0 Å². The summed E-state index contributed by atoms with van der Waals surface area (Å²) in [5.74, 6) is 2.51. The van der Waals surface area contributed by atoms with Gasteiger partial charge in [0.05, 0.1) is 18.9 Å². The molecule has 28 heavy (non-hydrogen) atoms. The first-order valence-corrected chi connectivity index (χ1v) is 10.3. The molecule has 0 aliphatic carbocycles. The van der Waals surface area contributed by atoms with Crippen LogP contribution in [0.1, 0.15) is 43.5 Å². The monoisotopic (exact) mass is 382 g/mol. The number of fused-ring (bicyclic) bond motifs is 1. The van der Waals surface area contributed by atoms with E-state index in [9.17, 15) is 0 Å². The fraction of sp³-hybridized carbons (Fsp3) is 0.545. The molecule has 2 aromatic rings. The topological polar surface area (TPSA) is 50.7 Å². The fourth-order valence-electron chi connectivity index (χ4n) is 3.99. The van der Waals surface area contributed by atoms with Crippen LogP contribution in [0.25, 0.3) is 0 Å². The molecule has 0 unspecified atom stereocenters.